The number of benzene rings is 1. The summed E-state index contributed by atoms with van der Waals surface area (Å²) < 4.78 is 5.33. The first kappa shape index (κ1) is 13.8. The van der Waals surface area contributed by atoms with E-state index in [9.17, 15) is 9.59 Å². The van der Waals surface area contributed by atoms with E-state index in [2.05, 4.69) is 10.3 Å². The molecule has 22 heavy (non-hydrogen) atoms. The van der Waals surface area contributed by atoms with E-state index >= 15 is 0 Å². The van der Waals surface area contributed by atoms with Gasteiger partial charge in [-0.25, -0.2) is 4.98 Å². The molecule has 2 aromatic heterocycles. The maximum Gasteiger partial charge on any atom is 0.286 e. The van der Waals surface area contributed by atoms with Gasteiger partial charge < -0.3 is 15.5 Å². The molecule has 2 amide bonds. The summed E-state index contributed by atoms with van der Waals surface area (Å²) in [4.78, 5) is 28.0. The first-order chi connectivity index (χ1) is 10.6. The number of primary amides is 1. The van der Waals surface area contributed by atoms with Gasteiger partial charge in [-0.1, -0.05) is 18.2 Å². The first-order valence-corrected chi connectivity index (χ1v) is 6.62. The normalized spacial score (nSPS) is 10.6. The van der Waals surface area contributed by atoms with E-state index in [-0.39, 0.29) is 23.1 Å². The third-order valence-corrected chi connectivity index (χ3v) is 3.32. The molecule has 0 fully saturated rings. The molecule has 0 radical (unpaired) electrons. The molecule has 0 atom stereocenters. The summed E-state index contributed by atoms with van der Waals surface area (Å²) in [5.41, 5.74) is 7.13. The van der Waals surface area contributed by atoms with Gasteiger partial charge >= 0.3 is 0 Å². The number of amides is 2. The van der Waals surface area contributed by atoms with Gasteiger partial charge in [-0.15, -0.1) is 0 Å². The molecule has 0 unspecified atom stereocenters. The maximum atomic E-state index is 12.4. The van der Waals surface area contributed by atoms with Crippen LogP contribution in [0, 0.1) is 6.92 Å². The number of carbonyl (C=O) groups excluding carboxylic acids is 2. The SMILES string of the molecule is Cc1ccccc1C(=O)Nc1c(C(N)=O)oc2ncccc12. The minimum absolute atomic E-state index is 0.115. The summed E-state index contributed by atoms with van der Waals surface area (Å²) in [6, 6.07) is 10.5. The zero-order chi connectivity index (χ0) is 15.7. The Morgan fingerprint density at radius 2 is 1.95 bits per heavy atom. The average molecular weight is 295 g/mol. The highest BCUT2D eigenvalue weighted by molar-refractivity contribution is 6.14. The maximum absolute atomic E-state index is 12.4. The summed E-state index contributed by atoms with van der Waals surface area (Å²) in [6.07, 6.45) is 1.53. The van der Waals surface area contributed by atoms with Crippen LogP contribution in [0.3, 0.4) is 0 Å². The number of nitrogens with zero attached hydrogens (tertiary/aromatic N) is 1. The van der Waals surface area contributed by atoms with Crippen molar-refractivity contribution >= 4 is 28.6 Å². The quantitative estimate of drug-likeness (QED) is 0.775. The van der Waals surface area contributed by atoms with Crippen LogP contribution in [0.15, 0.2) is 47.0 Å². The van der Waals surface area contributed by atoms with Crippen LogP contribution in [0.25, 0.3) is 11.1 Å². The van der Waals surface area contributed by atoms with Crippen molar-refractivity contribution in [3.63, 3.8) is 0 Å². The zero-order valence-corrected chi connectivity index (χ0v) is 11.8. The number of aromatic nitrogens is 1. The molecule has 0 saturated carbocycles. The molecule has 3 aromatic rings. The third-order valence-electron chi connectivity index (χ3n) is 3.32. The lowest BCUT2D eigenvalue weighted by molar-refractivity contribution is 0.0977. The predicted octanol–water partition coefficient (Wildman–Crippen LogP) is 2.49. The minimum atomic E-state index is -0.766. The number of fused-ring (bicyclic) bond motifs is 1. The van der Waals surface area contributed by atoms with E-state index in [4.69, 9.17) is 10.2 Å². The van der Waals surface area contributed by atoms with Crippen LogP contribution >= 0.6 is 0 Å². The smallest absolute Gasteiger partial charge is 0.286 e. The molecular weight excluding hydrogens is 282 g/mol. The molecule has 3 N–H and O–H groups in total. The Hall–Kier alpha value is -3.15. The van der Waals surface area contributed by atoms with Crippen LogP contribution in [-0.2, 0) is 0 Å². The van der Waals surface area contributed by atoms with Gasteiger partial charge in [-0.3, -0.25) is 9.59 Å². The number of nitrogens with one attached hydrogen (secondary N) is 1. The van der Waals surface area contributed by atoms with Crippen molar-refractivity contribution in [1.82, 2.24) is 4.98 Å². The topological polar surface area (TPSA) is 98.2 Å². The van der Waals surface area contributed by atoms with Crippen molar-refractivity contribution in [3.05, 3.63) is 59.5 Å². The second-order valence-corrected chi connectivity index (χ2v) is 4.80. The molecule has 110 valence electrons. The van der Waals surface area contributed by atoms with Crippen LogP contribution < -0.4 is 11.1 Å². The van der Waals surface area contributed by atoms with Crippen LogP contribution in [0.1, 0.15) is 26.5 Å². The molecule has 0 aliphatic rings. The Kier molecular flexibility index (Phi) is 3.34. The van der Waals surface area contributed by atoms with Crippen molar-refractivity contribution in [1.29, 1.82) is 0 Å². The number of pyridine rings is 1. The fourth-order valence-corrected chi connectivity index (χ4v) is 2.24. The largest absolute Gasteiger partial charge is 0.430 e. The van der Waals surface area contributed by atoms with E-state index in [0.29, 0.717) is 10.9 Å². The lowest BCUT2D eigenvalue weighted by Crippen LogP contribution is -2.17. The van der Waals surface area contributed by atoms with Crippen molar-refractivity contribution < 1.29 is 14.0 Å². The summed E-state index contributed by atoms with van der Waals surface area (Å²) in [7, 11) is 0. The van der Waals surface area contributed by atoms with Gasteiger partial charge in [-0.2, -0.15) is 0 Å². The number of hydrogen-bond acceptors (Lipinski definition) is 4. The zero-order valence-electron chi connectivity index (χ0n) is 11.8. The Morgan fingerprint density at radius 1 is 1.18 bits per heavy atom. The highest BCUT2D eigenvalue weighted by Gasteiger charge is 2.21. The van der Waals surface area contributed by atoms with Gasteiger partial charge in [0.15, 0.2) is 0 Å². The van der Waals surface area contributed by atoms with Crippen molar-refractivity contribution in [3.8, 4) is 0 Å². The van der Waals surface area contributed by atoms with Gasteiger partial charge in [0.05, 0.1) is 5.39 Å². The Balaban J connectivity index is 2.07. The Labute approximate surface area is 125 Å². The lowest BCUT2D eigenvalue weighted by Gasteiger charge is -2.07. The van der Waals surface area contributed by atoms with E-state index < -0.39 is 5.91 Å². The van der Waals surface area contributed by atoms with Crippen molar-refractivity contribution in [2.45, 2.75) is 6.92 Å². The number of aryl methyl sites for hydroxylation is 1. The Bertz CT molecular complexity index is 883. The molecule has 3 rings (SSSR count). The molecule has 0 spiro atoms. The van der Waals surface area contributed by atoms with Gasteiger partial charge in [-0.05, 0) is 30.7 Å². The van der Waals surface area contributed by atoms with Crippen molar-refractivity contribution in [2.75, 3.05) is 5.32 Å². The summed E-state index contributed by atoms with van der Waals surface area (Å²) >= 11 is 0. The van der Waals surface area contributed by atoms with Crippen molar-refractivity contribution in [2.24, 2.45) is 5.73 Å². The number of furan rings is 1. The second-order valence-electron chi connectivity index (χ2n) is 4.80. The highest BCUT2D eigenvalue weighted by Crippen LogP contribution is 2.29. The molecular formula is C16H13N3O3. The molecule has 0 aliphatic carbocycles. The molecule has 6 nitrogen and oxygen atoms in total. The number of nitrogens with two attached hydrogens (primary N) is 1. The fourth-order valence-electron chi connectivity index (χ4n) is 2.24. The fraction of sp³-hybridized carbons (Fsp3) is 0.0625. The predicted molar refractivity (Wildman–Crippen MR) is 81.7 cm³/mol. The van der Waals surface area contributed by atoms with Gasteiger partial charge in [0, 0.05) is 11.8 Å². The highest BCUT2D eigenvalue weighted by atomic mass is 16.4. The molecule has 6 heteroatoms. The molecule has 0 aliphatic heterocycles. The summed E-state index contributed by atoms with van der Waals surface area (Å²) in [5.74, 6) is -1.22. The van der Waals surface area contributed by atoms with Crippen LogP contribution in [0.2, 0.25) is 0 Å². The second kappa shape index (κ2) is 5.33. The van der Waals surface area contributed by atoms with Gasteiger partial charge in [0.2, 0.25) is 11.5 Å². The minimum Gasteiger partial charge on any atom is -0.430 e. The summed E-state index contributed by atoms with van der Waals surface area (Å²) in [6.45, 7) is 1.83. The number of hydrogen-bond donors (Lipinski definition) is 2. The monoisotopic (exact) mass is 295 g/mol. The van der Waals surface area contributed by atoms with E-state index in [1.807, 2.05) is 19.1 Å². The number of carbonyl (C=O) groups is 2. The first-order valence-electron chi connectivity index (χ1n) is 6.62. The van der Waals surface area contributed by atoms with Gasteiger partial charge in [0.25, 0.3) is 11.8 Å². The lowest BCUT2D eigenvalue weighted by atomic mass is 10.1. The van der Waals surface area contributed by atoms with Crippen LogP contribution in [0.5, 0.6) is 0 Å². The van der Waals surface area contributed by atoms with E-state index in [1.54, 1.807) is 24.3 Å². The molecule has 0 bridgehead atoms. The van der Waals surface area contributed by atoms with Gasteiger partial charge in [0.1, 0.15) is 5.69 Å². The number of anilines is 1. The standard InChI is InChI=1S/C16H13N3O3/c1-9-5-2-3-6-10(9)15(21)19-12-11-7-4-8-18-16(11)22-13(12)14(17)20/h2-8H,1H3,(H2,17,20)(H,19,21). The molecule has 1 aromatic carbocycles. The number of rotatable bonds is 3. The van der Waals surface area contributed by atoms with E-state index in [0.717, 1.165) is 5.56 Å². The summed E-state index contributed by atoms with van der Waals surface area (Å²) in [5, 5.41) is 3.22. The van der Waals surface area contributed by atoms with Crippen LogP contribution in [-0.4, -0.2) is 16.8 Å². The average Bonchev–Trinajstić information content (AvgIpc) is 2.87. The van der Waals surface area contributed by atoms with Crippen LogP contribution in [0.4, 0.5) is 5.69 Å². The Morgan fingerprint density at radius 3 is 2.68 bits per heavy atom. The van der Waals surface area contributed by atoms with E-state index in [1.165, 1.54) is 6.20 Å². The molecule has 0 saturated heterocycles. The third kappa shape index (κ3) is 2.31. The molecule has 2 heterocycles.